The number of aromatic nitrogens is 2. The van der Waals surface area contributed by atoms with Crippen molar-refractivity contribution in [2.75, 3.05) is 7.05 Å². The molecule has 0 saturated carbocycles. The molecule has 0 radical (unpaired) electrons. The van der Waals surface area contributed by atoms with E-state index in [4.69, 9.17) is 0 Å². The van der Waals surface area contributed by atoms with Gasteiger partial charge in [0.15, 0.2) is 0 Å². The maximum absolute atomic E-state index is 11.6. The van der Waals surface area contributed by atoms with Gasteiger partial charge in [0.05, 0.1) is 11.4 Å². The summed E-state index contributed by atoms with van der Waals surface area (Å²) in [4.78, 5) is 8.21. The second-order valence-electron chi connectivity index (χ2n) is 2.98. The van der Waals surface area contributed by atoms with Gasteiger partial charge in [-0.15, -0.1) is 0 Å². The largest absolute Gasteiger partial charge is 0.243 e. The molecule has 0 amide bonds. The van der Waals surface area contributed by atoms with E-state index in [0.29, 0.717) is 17.2 Å². The van der Waals surface area contributed by atoms with Gasteiger partial charge < -0.3 is 0 Å². The minimum absolute atomic E-state index is 0.172. The number of nitrogens with zero attached hydrogens (tertiary/aromatic N) is 2. The Hall–Kier alpha value is -1.01. The molecule has 0 bridgehead atoms. The molecule has 14 heavy (non-hydrogen) atoms. The lowest BCUT2D eigenvalue weighted by Gasteiger charge is -2.08. The van der Waals surface area contributed by atoms with Gasteiger partial charge in [0.25, 0.3) is 0 Å². The fourth-order valence-corrected chi connectivity index (χ4v) is 2.44. The lowest BCUT2D eigenvalue weighted by molar-refractivity contribution is 0.585. The molecular weight excluding hydrogens is 202 g/mol. The van der Waals surface area contributed by atoms with Gasteiger partial charge in [-0.2, -0.15) is 0 Å². The maximum atomic E-state index is 11.6. The first kappa shape index (κ1) is 11.1. The highest BCUT2D eigenvalue weighted by Crippen LogP contribution is 2.15. The van der Waals surface area contributed by atoms with Crippen molar-refractivity contribution in [3.63, 3.8) is 0 Å². The Morgan fingerprint density at radius 3 is 1.86 bits per heavy atom. The third-order valence-electron chi connectivity index (χ3n) is 1.85. The number of hydrogen-bond donors (Lipinski definition) is 1. The van der Waals surface area contributed by atoms with Crippen LogP contribution >= 0.6 is 0 Å². The van der Waals surface area contributed by atoms with Crippen LogP contribution in [0.25, 0.3) is 0 Å². The van der Waals surface area contributed by atoms with Crippen molar-refractivity contribution in [3.05, 3.63) is 17.2 Å². The van der Waals surface area contributed by atoms with Gasteiger partial charge in [-0.1, -0.05) is 0 Å². The molecule has 0 aliphatic carbocycles. The predicted octanol–water partition coefficient (Wildman–Crippen LogP) is 0.310. The zero-order chi connectivity index (χ0) is 10.9. The molecule has 0 aromatic carbocycles. The average molecular weight is 215 g/mol. The lowest BCUT2D eigenvalue weighted by atomic mass is 10.3. The molecule has 0 saturated heterocycles. The van der Waals surface area contributed by atoms with E-state index < -0.39 is 10.0 Å². The van der Waals surface area contributed by atoms with Crippen LogP contribution in [-0.4, -0.2) is 25.4 Å². The van der Waals surface area contributed by atoms with Gasteiger partial charge in [0.1, 0.15) is 10.7 Å². The zero-order valence-corrected chi connectivity index (χ0v) is 9.44. The molecule has 1 aromatic rings. The summed E-state index contributed by atoms with van der Waals surface area (Å²) in [6.07, 6.45) is 0. The molecular formula is C8H13N3O2S. The molecule has 78 valence electrons. The predicted molar refractivity (Wildman–Crippen MR) is 52.5 cm³/mol. The van der Waals surface area contributed by atoms with Gasteiger partial charge in [-0.3, -0.25) is 0 Å². The highest BCUT2D eigenvalue weighted by Gasteiger charge is 2.19. The molecule has 0 fully saturated rings. The van der Waals surface area contributed by atoms with Gasteiger partial charge in [0, 0.05) is 0 Å². The first-order valence-electron chi connectivity index (χ1n) is 4.14. The summed E-state index contributed by atoms with van der Waals surface area (Å²) < 4.78 is 25.4. The average Bonchev–Trinajstić information content (AvgIpc) is 2.01. The Kier molecular flexibility index (Phi) is 2.86. The van der Waals surface area contributed by atoms with Crippen molar-refractivity contribution >= 4 is 10.0 Å². The van der Waals surface area contributed by atoms with E-state index in [0.717, 1.165) is 0 Å². The summed E-state index contributed by atoms with van der Waals surface area (Å²) in [6.45, 7) is 5.05. The third kappa shape index (κ3) is 1.91. The fourth-order valence-electron chi connectivity index (χ4n) is 1.36. The highest BCUT2D eigenvalue weighted by atomic mass is 32.2. The lowest BCUT2D eigenvalue weighted by Crippen LogP contribution is -2.22. The minimum Gasteiger partial charge on any atom is -0.237 e. The Bertz CT molecular complexity index is 431. The Morgan fingerprint density at radius 1 is 1.07 bits per heavy atom. The second kappa shape index (κ2) is 3.62. The van der Waals surface area contributed by atoms with E-state index in [-0.39, 0.29) is 4.90 Å². The quantitative estimate of drug-likeness (QED) is 0.770. The monoisotopic (exact) mass is 215 g/mol. The molecule has 0 aliphatic rings. The van der Waals surface area contributed by atoms with Crippen molar-refractivity contribution in [2.45, 2.75) is 25.7 Å². The molecule has 1 heterocycles. The molecule has 0 spiro atoms. The molecule has 0 atom stereocenters. The molecule has 6 heteroatoms. The molecule has 1 N–H and O–H groups in total. The van der Waals surface area contributed by atoms with Gasteiger partial charge in [0.2, 0.25) is 10.0 Å². The van der Waals surface area contributed by atoms with Crippen LogP contribution in [0.2, 0.25) is 0 Å². The Balaban J connectivity index is 3.51. The first-order chi connectivity index (χ1) is 6.38. The van der Waals surface area contributed by atoms with Crippen LogP contribution in [0.3, 0.4) is 0 Å². The molecule has 0 aliphatic heterocycles. The second-order valence-corrected chi connectivity index (χ2v) is 4.80. The van der Waals surface area contributed by atoms with E-state index in [1.807, 2.05) is 0 Å². The minimum atomic E-state index is -3.45. The van der Waals surface area contributed by atoms with Gasteiger partial charge in [-0.05, 0) is 27.8 Å². The topological polar surface area (TPSA) is 72.0 Å². The number of rotatable bonds is 2. The summed E-state index contributed by atoms with van der Waals surface area (Å²) >= 11 is 0. The molecule has 1 rings (SSSR count). The van der Waals surface area contributed by atoms with E-state index in [9.17, 15) is 8.42 Å². The SMILES string of the molecule is CNS(=O)(=O)c1c(C)nc(C)nc1C. The van der Waals surface area contributed by atoms with E-state index in [1.54, 1.807) is 20.8 Å². The summed E-state index contributed by atoms with van der Waals surface area (Å²) in [5.74, 6) is 0.579. The Labute approximate surface area is 83.6 Å². The molecule has 1 aromatic heterocycles. The summed E-state index contributed by atoms with van der Waals surface area (Å²) in [6, 6.07) is 0. The van der Waals surface area contributed by atoms with E-state index in [2.05, 4.69) is 14.7 Å². The third-order valence-corrected chi connectivity index (χ3v) is 3.52. The molecule has 0 unspecified atom stereocenters. The Morgan fingerprint density at radius 2 is 1.50 bits per heavy atom. The van der Waals surface area contributed by atoms with Gasteiger partial charge in [-0.25, -0.2) is 23.1 Å². The van der Waals surface area contributed by atoms with Crippen LogP contribution < -0.4 is 4.72 Å². The standard InChI is InChI=1S/C8H13N3O2S/c1-5-8(14(12,13)9-4)6(2)11-7(3)10-5/h9H,1-4H3. The number of nitrogens with one attached hydrogen (secondary N) is 1. The van der Waals surface area contributed by atoms with Crippen LogP contribution in [0.5, 0.6) is 0 Å². The number of hydrogen-bond acceptors (Lipinski definition) is 4. The van der Waals surface area contributed by atoms with Crippen molar-refractivity contribution in [1.82, 2.24) is 14.7 Å². The van der Waals surface area contributed by atoms with Crippen molar-refractivity contribution < 1.29 is 8.42 Å². The van der Waals surface area contributed by atoms with Crippen LogP contribution in [0.1, 0.15) is 17.2 Å². The van der Waals surface area contributed by atoms with Crippen LogP contribution in [-0.2, 0) is 10.0 Å². The van der Waals surface area contributed by atoms with Crippen molar-refractivity contribution in [2.24, 2.45) is 0 Å². The number of aryl methyl sites for hydroxylation is 3. The van der Waals surface area contributed by atoms with Gasteiger partial charge >= 0.3 is 0 Å². The highest BCUT2D eigenvalue weighted by molar-refractivity contribution is 7.89. The molecule has 5 nitrogen and oxygen atoms in total. The number of sulfonamides is 1. The smallest absolute Gasteiger partial charge is 0.237 e. The fraction of sp³-hybridized carbons (Fsp3) is 0.500. The first-order valence-corrected chi connectivity index (χ1v) is 5.62. The van der Waals surface area contributed by atoms with Crippen LogP contribution in [0, 0.1) is 20.8 Å². The normalized spacial score (nSPS) is 11.7. The van der Waals surface area contributed by atoms with E-state index >= 15 is 0 Å². The van der Waals surface area contributed by atoms with Crippen LogP contribution in [0.4, 0.5) is 0 Å². The summed E-state index contributed by atoms with van der Waals surface area (Å²) in [5, 5.41) is 0. The van der Waals surface area contributed by atoms with E-state index in [1.165, 1.54) is 7.05 Å². The zero-order valence-electron chi connectivity index (χ0n) is 8.62. The summed E-state index contributed by atoms with van der Waals surface area (Å²) in [7, 11) is -2.08. The van der Waals surface area contributed by atoms with Crippen molar-refractivity contribution in [1.29, 1.82) is 0 Å². The summed E-state index contributed by atoms with van der Waals surface area (Å²) in [5.41, 5.74) is 0.953. The van der Waals surface area contributed by atoms with Crippen molar-refractivity contribution in [3.8, 4) is 0 Å². The van der Waals surface area contributed by atoms with Crippen LogP contribution in [0.15, 0.2) is 4.90 Å². The maximum Gasteiger partial charge on any atom is 0.243 e.